The first-order valence-corrected chi connectivity index (χ1v) is 6.23. The lowest BCUT2D eigenvalue weighted by Crippen LogP contribution is -2.40. The van der Waals surface area contributed by atoms with E-state index in [1.807, 2.05) is 19.1 Å². The fourth-order valence-electron chi connectivity index (χ4n) is 1.96. The van der Waals surface area contributed by atoms with Crippen LogP contribution in [0, 0.1) is 6.92 Å². The van der Waals surface area contributed by atoms with Gasteiger partial charge < -0.3 is 14.4 Å². The number of hydrogen-bond acceptors (Lipinski definition) is 4. The molecule has 0 saturated carbocycles. The van der Waals surface area contributed by atoms with Gasteiger partial charge in [-0.1, -0.05) is 6.07 Å². The van der Waals surface area contributed by atoms with Crippen LogP contribution in [-0.2, 0) is 4.79 Å². The van der Waals surface area contributed by atoms with Crippen LogP contribution in [0.25, 0.3) is 0 Å². The maximum atomic E-state index is 12.0. The standard InChI is InChI=1S/C14H17NO4/c1-10-3-4-12(13(9-10)18-2)19-14(17)15-7-5-11(16)6-8-15/h3-4,9H,5-8H2,1-2H3. The van der Waals surface area contributed by atoms with Crippen LogP contribution >= 0.6 is 0 Å². The number of ether oxygens (including phenoxy) is 2. The first-order chi connectivity index (χ1) is 9.10. The molecule has 0 atom stereocenters. The van der Waals surface area contributed by atoms with Gasteiger partial charge in [0.05, 0.1) is 7.11 Å². The molecule has 102 valence electrons. The molecule has 0 aliphatic carbocycles. The van der Waals surface area contributed by atoms with Crippen molar-refractivity contribution in [3.8, 4) is 11.5 Å². The van der Waals surface area contributed by atoms with E-state index in [2.05, 4.69) is 0 Å². The van der Waals surface area contributed by atoms with Crippen molar-refractivity contribution in [2.24, 2.45) is 0 Å². The summed E-state index contributed by atoms with van der Waals surface area (Å²) in [6.45, 7) is 2.78. The topological polar surface area (TPSA) is 55.8 Å². The van der Waals surface area contributed by atoms with E-state index in [0.717, 1.165) is 5.56 Å². The number of benzene rings is 1. The van der Waals surface area contributed by atoms with Crippen molar-refractivity contribution in [1.82, 2.24) is 4.90 Å². The molecule has 0 unspecified atom stereocenters. The molecule has 0 radical (unpaired) electrons. The molecule has 5 nitrogen and oxygen atoms in total. The van der Waals surface area contributed by atoms with Crippen molar-refractivity contribution in [3.05, 3.63) is 23.8 Å². The first-order valence-electron chi connectivity index (χ1n) is 6.23. The number of carbonyl (C=O) groups is 2. The average molecular weight is 263 g/mol. The summed E-state index contributed by atoms with van der Waals surface area (Å²) in [4.78, 5) is 24.6. The maximum Gasteiger partial charge on any atom is 0.415 e. The van der Waals surface area contributed by atoms with Gasteiger partial charge in [-0.25, -0.2) is 4.79 Å². The molecular weight excluding hydrogens is 246 g/mol. The Morgan fingerprint density at radius 3 is 2.53 bits per heavy atom. The zero-order valence-electron chi connectivity index (χ0n) is 11.1. The number of ketones is 1. The van der Waals surface area contributed by atoms with Crippen LogP contribution in [0.15, 0.2) is 18.2 Å². The highest BCUT2D eigenvalue weighted by molar-refractivity contribution is 5.82. The second-order valence-corrected chi connectivity index (χ2v) is 4.55. The Morgan fingerprint density at radius 2 is 1.89 bits per heavy atom. The van der Waals surface area contributed by atoms with Gasteiger partial charge in [0.2, 0.25) is 0 Å². The molecule has 0 bridgehead atoms. The fourth-order valence-corrected chi connectivity index (χ4v) is 1.96. The second kappa shape index (κ2) is 5.73. The summed E-state index contributed by atoms with van der Waals surface area (Å²) in [5.74, 6) is 1.12. The molecule has 1 aliphatic rings. The molecule has 0 spiro atoms. The quantitative estimate of drug-likeness (QED) is 0.820. The lowest BCUT2D eigenvalue weighted by Gasteiger charge is -2.25. The van der Waals surface area contributed by atoms with Gasteiger partial charge in [0.15, 0.2) is 11.5 Å². The number of amides is 1. The zero-order valence-corrected chi connectivity index (χ0v) is 11.1. The highest BCUT2D eigenvalue weighted by Gasteiger charge is 2.23. The minimum atomic E-state index is -0.436. The van der Waals surface area contributed by atoms with E-state index in [4.69, 9.17) is 9.47 Å². The molecule has 1 fully saturated rings. The molecule has 1 aromatic rings. The molecule has 1 aliphatic heterocycles. The van der Waals surface area contributed by atoms with Crippen LogP contribution in [0.4, 0.5) is 4.79 Å². The Labute approximate surface area is 112 Å². The molecule has 1 aromatic carbocycles. The van der Waals surface area contributed by atoms with Gasteiger partial charge in [0.25, 0.3) is 0 Å². The van der Waals surface area contributed by atoms with Crippen molar-refractivity contribution in [2.75, 3.05) is 20.2 Å². The van der Waals surface area contributed by atoms with Crippen LogP contribution in [0.2, 0.25) is 0 Å². The van der Waals surface area contributed by atoms with Crippen LogP contribution in [0.1, 0.15) is 18.4 Å². The summed E-state index contributed by atoms with van der Waals surface area (Å²) in [6, 6.07) is 5.37. The first kappa shape index (κ1) is 13.4. The van der Waals surface area contributed by atoms with Gasteiger partial charge in [-0.2, -0.15) is 0 Å². The largest absolute Gasteiger partial charge is 0.493 e. The molecule has 2 rings (SSSR count). The third-order valence-electron chi connectivity index (χ3n) is 3.10. The molecule has 1 amide bonds. The number of Topliss-reactive ketones (excluding diaryl/α,β-unsaturated/α-hetero) is 1. The Kier molecular flexibility index (Phi) is 4.04. The lowest BCUT2D eigenvalue weighted by molar-refractivity contribution is -0.121. The van der Waals surface area contributed by atoms with Crippen molar-refractivity contribution in [1.29, 1.82) is 0 Å². The van der Waals surface area contributed by atoms with E-state index < -0.39 is 6.09 Å². The zero-order chi connectivity index (χ0) is 13.8. The van der Waals surface area contributed by atoms with E-state index in [1.165, 1.54) is 7.11 Å². The third kappa shape index (κ3) is 3.24. The fraction of sp³-hybridized carbons (Fsp3) is 0.429. The molecule has 5 heteroatoms. The lowest BCUT2D eigenvalue weighted by atomic mass is 10.1. The number of aryl methyl sites for hydroxylation is 1. The normalized spacial score (nSPS) is 15.3. The molecule has 1 heterocycles. The number of nitrogens with zero attached hydrogens (tertiary/aromatic N) is 1. The number of methoxy groups -OCH3 is 1. The van der Waals surface area contributed by atoms with Gasteiger partial charge in [0.1, 0.15) is 5.78 Å². The summed E-state index contributed by atoms with van der Waals surface area (Å²) < 4.78 is 10.5. The van der Waals surface area contributed by atoms with E-state index in [9.17, 15) is 9.59 Å². The van der Waals surface area contributed by atoms with Crippen LogP contribution in [0.3, 0.4) is 0 Å². The van der Waals surface area contributed by atoms with E-state index in [0.29, 0.717) is 37.4 Å². The number of carbonyl (C=O) groups excluding carboxylic acids is 2. The van der Waals surface area contributed by atoms with Crippen molar-refractivity contribution in [3.63, 3.8) is 0 Å². The van der Waals surface area contributed by atoms with Crippen LogP contribution < -0.4 is 9.47 Å². The predicted octanol–water partition coefficient (Wildman–Crippen LogP) is 2.17. The van der Waals surface area contributed by atoms with Crippen molar-refractivity contribution >= 4 is 11.9 Å². The molecule has 1 saturated heterocycles. The van der Waals surface area contributed by atoms with Gasteiger partial charge in [-0.3, -0.25) is 4.79 Å². The Hall–Kier alpha value is -2.04. The molecule has 19 heavy (non-hydrogen) atoms. The monoisotopic (exact) mass is 263 g/mol. The minimum Gasteiger partial charge on any atom is -0.493 e. The SMILES string of the molecule is COc1cc(C)ccc1OC(=O)N1CCC(=O)CC1. The maximum absolute atomic E-state index is 12.0. The van der Waals surface area contributed by atoms with Crippen molar-refractivity contribution in [2.45, 2.75) is 19.8 Å². The third-order valence-corrected chi connectivity index (χ3v) is 3.10. The Balaban J connectivity index is 2.04. The van der Waals surface area contributed by atoms with Gasteiger partial charge in [-0.05, 0) is 24.6 Å². The van der Waals surface area contributed by atoms with E-state index in [1.54, 1.807) is 11.0 Å². The summed E-state index contributed by atoms with van der Waals surface area (Å²) in [6.07, 6.45) is 0.370. The number of likely N-dealkylation sites (tertiary alicyclic amines) is 1. The van der Waals surface area contributed by atoms with E-state index >= 15 is 0 Å². The summed E-state index contributed by atoms with van der Waals surface area (Å²) in [5, 5.41) is 0. The number of piperidine rings is 1. The minimum absolute atomic E-state index is 0.192. The Bertz CT molecular complexity index is 488. The summed E-state index contributed by atoms with van der Waals surface area (Å²) in [7, 11) is 1.53. The molecular formula is C14H17NO4. The smallest absolute Gasteiger partial charge is 0.415 e. The Morgan fingerprint density at radius 1 is 1.21 bits per heavy atom. The van der Waals surface area contributed by atoms with Crippen LogP contribution in [0.5, 0.6) is 11.5 Å². The number of rotatable bonds is 2. The average Bonchev–Trinajstić information content (AvgIpc) is 2.41. The van der Waals surface area contributed by atoms with Gasteiger partial charge in [0, 0.05) is 25.9 Å². The van der Waals surface area contributed by atoms with Gasteiger partial charge >= 0.3 is 6.09 Å². The summed E-state index contributed by atoms with van der Waals surface area (Å²) in [5.41, 5.74) is 1.03. The van der Waals surface area contributed by atoms with E-state index in [-0.39, 0.29) is 5.78 Å². The second-order valence-electron chi connectivity index (χ2n) is 4.55. The number of hydrogen-bond donors (Lipinski definition) is 0. The highest BCUT2D eigenvalue weighted by atomic mass is 16.6. The summed E-state index contributed by atoms with van der Waals surface area (Å²) >= 11 is 0. The van der Waals surface area contributed by atoms with Crippen molar-refractivity contribution < 1.29 is 19.1 Å². The predicted molar refractivity (Wildman–Crippen MR) is 69.6 cm³/mol. The molecule has 0 aromatic heterocycles. The van der Waals surface area contributed by atoms with Crippen LogP contribution in [-0.4, -0.2) is 37.0 Å². The molecule has 0 N–H and O–H groups in total. The van der Waals surface area contributed by atoms with Gasteiger partial charge in [-0.15, -0.1) is 0 Å². The highest BCUT2D eigenvalue weighted by Crippen LogP contribution is 2.28.